The number of fused-ring (bicyclic) bond motifs is 1. The normalized spacial score (nSPS) is 16.7. The van der Waals surface area contributed by atoms with E-state index in [9.17, 15) is 13.2 Å². The number of nitrogens with zero attached hydrogens (tertiary/aromatic N) is 2. The van der Waals surface area contributed by atoms with Gasteiger partial charge in [0.25, 0.3) is 0 Å². The highest BCUT2D eigenvalue weighted by atomic mass is 79.9. The summed E-state index contributed by atoms with van der Waals surface area (Å²) >= 11 is 2.98. The van der Waals surface area contributed by atoms with Crippen molar-refractivity contribution in [1.29, 1.82) is 0 Å². The van der Waals surface area contributed by atoms with Gasteiger partial charge < -0.3 is 0 Å². The molecule has 0 atom stereocenters. The molecule has 0 aromatic carbocycles. The summed E-state index contributed by atoms with van der Waals surface area (Å²) in [4.78, 5) is 0. The lowest BCUT2D eigenvalue weighted by Crippen LogP contribution is -2.08. The molecule has 1 fully saturated rings. The van der Waals surface area contributed by atoms with Crippen molar-refractivity contribution in [2.24, 2.45) is 0 Å². The number of pyridine rings is 1. The van der Waals surface area contributed by atoms with Gasteiger partial charge in [0.05, 0.1) is 16.8 Å². The fraction of sp³-hybridized carbons (Fsp3) is 0.364. The molecule has 0 spiro atoms. The lowest BCUT2D eigenvalue weighted by molar-refractivity contribution is -0.138. The molecule has 90 valence electrons. The van der Waals surface area contributed by atoms with Crippen LogP contribution < -0.4 is 0 Å². The predicted molar refractivity (Wildman–Crippen MR) is 59.9 cm³/mol. The Morgan fingerprint density at radius 1 is 1.29 bits per heavy atom. The maximum atomic E-state index is 12.7. The zero-order valence-electron chi connectivity index (χ0n) is 8.63. The van der Waals surface area contributed by atoms with Crippen molar-refractivity contribution in [3.63, 3.8) is 0 Å². The van der Waals surface area contributed by atoms with Gasteiger partial charge in [0, 0.05) is 5.92 Å². The molecule has 2 aromatic rings. The summed E-state index contributed by atoms with van der Waals surface area (Å²) in [6.45, 7) is 0. The molecule has 0 N–H and O–H groups in total. The van der Waals surface area contributed by atoms with Gasteiger partial charge in [0.1, 0.15) is 4.60 Å². The molecule has 0 radical (unpaired) electrons. The lowest BCUT2D eigenvalue weighted by Gasteiger charge is -2.09. The number of rotatable bonds is 1. The number of aromatic nitrogens is 2. The van der Waals surface area contributed by atoms with E-state index in [0.29, 0.717) is 11.4 Å². The van der Waals surface area contributed by atoms with E-state index >= 15 is 0 Å². The Morgan fingerprint density at radius 3 is 2.59 bits per heavy atom. The third-order valence-electron chi connectivity index (χ3n) is 2.89. The molecule has 2 nitrogen and oxygen atoms in total. The fourth-order valence-electron chi connectivity index (χ4n) is 1.83. The highest BCUT2D eigenvalue weighted by Crippen LogP contribution is 2.41. The molecule has 0 bridgehead atoms. The quantitative estimate of drug-likeness (QED) is 0.728. The van der Waals surface area contributed by atoms with E-state index in [1.54, 1.807) is 0 Å². The molecule has 3 rings (SSSR count). The van der Waals surface area contributed by atoms with E-state index in [2.05, 4.69) is 21.0 Å². The van der Waals surface area contributed by atoms with Gasteiger partial charge in [0.15, 0.2) is 0 Å². The molecule has 1 aliphatic carbocycles. The van der Waals surface area contributed by atoms with Crippen LogP contribution >= 0.6 is 15.9 Å². The SMILES string of the molecule is FC(F)(F)c1ccc2cc(C3CC3)nn2c1Br. The van der Waals surface area contributed by atoms with E-state index in [1.807, 2.05) is 6.07 Å². The fourth-order valence-corrected chi connectivity index (χ4v) is 2.47. The molecule has 0 saturated heterocycles. The van der Waals surface area contributed by atoms with Gasteiger partial charge in [-0.25, -0.2) is 4.52 Å². The number of alkyl halides is 3. The largest absolute Gasteiger partial charge is 0.419 e. The van der Waals surface area contributed by atoms with Crippen molar-refractivity contribution in [3.05, 3.63) is 34.1 Å². The summed E-state index contributed by atoms with van der Waals surface area (Å²) in [6.07, 6.45) is -2.21. The van der Waals surface area contributed by atoms with Crippen LogP contribution in [0.3, 0.4) is 0 Å². The topological polar surface area (TPSA) is 17.3 Å². The van der Waals surface area contributed by atoms with Crippen molar-refractivity contribution < 1.29 is 13.2 Å². The molecule has 1 saturated carbocycles. The van der Waals surface area contributed by atoms with Crippen LogP contribution in [0.5, 0.6) is 0 Å². The second kappa shape index (κ2) is 3.48. The van der Waals surface area contributed by atoms with Crippen LogP contribution in [0.4, 0.5) is 13.2 Å². The standard InChI is InChI=1S/C11H8BrF3N2/c12-10-8(11(13,14)15)4-3-7-5-9(6-1-2-6)16-17(7)10/h3-6H,1-2H2. The third kappa shape index (κ3) is 1.84. The van der Waals surface area contributed by atoms with E-state index in [1.165, 1.54) is 10.6 Å². The van der Waals surface area contributed by atoms with Gasteiger partial charge in [-0.1, -0.05) is 0 Å². The Hall–Kier alpha value is -1.04. The first-order valence-corrected chi connectivity index (χ1v) is 6.01. The van der Waals surface area contributed by atoms with Crippen LogP contribution in [-0.2, 0) is 6.18 Å². The summed E-state index contributed by atoms with van der Waals surface area (Å²) in [7, 11) is 0. The van der Waals surface area contributed by atoms with Gasteiger partial charge in [-0.3, -0.25) is 0 Å². The summed E-state index contributed by atoms with van der Waals surface area (Å²) in [6, 6.07) is 4.38. The Balaban J connectivity index is 2.19. The molecule has 0 unspecified atom stereocenters. The number of halogens is 4. The number of hydrogen-bond acceptors (Lipinski definition) is 1. The van der Waals surface area contributed by atoms with E-state index in [4.69, 9.17) is 0 Å². The summed E-state index contributed by atoms with van der Waals surface area (Å²) in [5, 5.41) is 4.22. The molecular formula is C11H8BrF3N2. The molecule has 0 aliphatic heterocycles. The minimum atomic E-state index is -4.36. The molecule has 1 aliphatic rings. The van der Waals surface area contributed by atoms with Gasteiger partial charge in [-0.05, 0) is 47.0 Å². The lowest BCUT2D eigenvalue weighted by atomic mass is 10.2. The summed E-state index contributed by atoms with van der Waals surface area (Å²) in [5.41, 5.74) is 0.868. The highest BCUT2D eigenvalue weighted by molar-refractivity contribution is 9.10. The molecule has 0 amide bonds. The third-order valence-corrected chi connectivity index (χ3v) is 3.65. The minimum absolute atomic E-state index is 0.0330. The van der Waals surface area contributed by atoms with Crippen molar-refractivity contribution in [1.82, 2.24) is 9.61 Å². The van der Waals surface area contributed by atoms with Crippen LogP contribution in [0.2, 0.25) is 0 Å². The Bertz CT molecular complexity index is 584. The average Bonchev–Trinajstić information content (AvgIpc) is 2.97. The van der Waals surface area contributed by atoms with Crippen molar-refractivity contribution in [2.45, 2.75) is 24.9 Å². The first kappa shape index (κ1) is 11.1. The summed E-state index contributed by atoms with van der Waals surface area (Å²) < 4.78 is 39.3. The van der Waals surface area contributed by atoms with Crippen LogP contribution in [-0.4, -0.2) is 9.61 Å². The second-order valence-electron chi connectivity index (χ2n) is 4.22. The first-order chi connectivity index (χ1) is 7.97. The average molecular weight is 305 g/mol. The van der Waals surface area contributed by atoms with Crippen LogP contribution in [0, 0.1) is 0 Å². The van der Waals surface area contributed by atoms with Gasteiger partial charge >= 0.3 is 6.18 Å². The predicted octanol–water partition coefficient (Wildman–Crippen LogP) is 3.99. The smallest absolute Gasteiger partial charge is 0.226 e. The Morgan fingerprint density at radius 2 is 2.00 bits per heavy atom. The Kier molecular flexibility index (Phi) is 2.26. The van der Waals surface area contributed by atoms with Gasteiger partial charge in [-0.2, -0.15) is 18.3 Å². The van der Waals surface area contributed by atoms with Gasteiger partial charge in [-0.15, -0.1) is 0 Å². The van der Waals surface area contributed by atoms with E-state index in [-0.39, 0.29) is 4.60 Å². The van der Waals surface area contributed by atoms with Crippen LogP contribution in [0.25, 0.3) is 5.52 Å². The molecule has 2 aromatic heterocycles. The zero-order chi connectivity index (χ0) is 12.2. The summed E-state index contributed by atoms with van der Waals surface area (Å²) in [5.74, 6) is 0.427. The zero-order valence-corrected chi connectivity index (χ0v) is 10.2. The first-order valence-electron chi connectivity index (χ1n) is 5.22. The van der Waals surface area contributed by atoms with Crippen molar-refractivity contribution >= 4 is 21.4 Å². The molecule has 2 heterocycles. The van der Waals surface area contributed by atoms with Gasteiger partial charge in [0.2, 0.25) is 0 Å². The van der Waals surface area contributed by atoms with Crippen LogP contribution in [0.1, 0.15) is 30.0 Å². The van der Waals surface area contributed by atoms with Crippen molar-refractivity contribution in [2.75, 3.05) is 0 Å². The van der Waals surface area contributed by atoms with Crippen molar-refractivity contribution in [3.8, 4) is 0 Å². The maximum Gasteiger partial charge on any atom is 0.419 e. The van der Waals surface area contributed by atoms with Crippen LogP contribution in [0.15, 0.2) is 22.8 Å². The molecular weight excluding hydrogens is 297 g/mol. The highest BCUT2D eigenvalue weighted by Gasteiger charge is 2.34. The van der Waals surface area contributed by atoms with E-state index < -0.39 is 11.7 Å². The van der Waals surface area contributed by atoms with E-state index in [0.717, 1.165) is 24.6 Å². The number of hydrogen-bond donors (Lipinski definition) is 0. The second-order valence-corrected chi connectivity index (χ2v) is 4.97. The maximum absolute atomic E-state index is 12.7. The Labute approximate surface area is 104 Å². The molecule has 17 heavy (non-hydrogen) atoms. The minimum Gasteiger partial charge on any atom is -0.226 e. The molecule has 6 heteroatoms. The monoisotopic (exact) mass is 304 g/mol.